The summed E-state index contributed by atoms with van der Waals surface area (Å²) in [7, 11) is -3.82. The molecule has 2 fully saturated rings. The number of piperidine rings is 1. The third kappa shape index (κ3) is 8.31. The molecule has 0 atom stereocenters. The maximum atomic E-state index is 14.1. The lowest BCUT2D eigenvalue weighted by molar-refractivity contribution is -0.127. The van der Waals surface area contributed by atoms with Crippen LogP contribution in [-0.4, -0.2) is 89.1 Å². The number of alkyl halides is 4. The highest BCUT2D eigenvalue weighted by molar-refractivity contribution is 7.89. The van der Waals surface area contributed by atoms with Crippen molar-refractivity contribution in [3.63, 3.8) is 0 Å². The average Bonchev–Trinajstić information content (AvgIpc) is 3.58. The van der Waals surface area contributed by atoms with Crippen LogP contribution in [0.3, 0.4) is 0 Å². The molecule has 0 bridgehead atoms. The number of benzene rings is 1. The number of hydrogen-bond acceptors (Lipinski definition) is 11. The average molecular weight is 841 g/mol. The zero-order chi connectivity index (χ0) is 40.8. The zero-order valence-corrected chi connectivity index (χ0v) is 32.8. The Morgan fingerprint density at radius 3 is 2.58 bits per heavy atom. The van der Waals surface area contributed by atoms with Crippen LogP contribution in [0.5, 0.6) is 0 Å². The molecule has 1 aliphatic carbocycles. The lowest BCUT2D eigenvalue weighted by Crippen LogP contribution is -2.55. The van der Waals surface area contributed by atoms with Crippen molar-refractivity contribution in [3.8, 4) is 29.0 Å². The molecule has 1 saturated carbocycles. The first kappa shape index (κ1) is 40.1. The van der Waals surface area contributed by atoms with E-state index in [2.05, 4.69) is 26.8 Å². The van der Waals surface area contributed by atoms with E-state index in [-0.39, 0.29) is 64.6 Å². The highest BCUT2D eigenvalue weighted by atomic mass is 35.5. The number of fused-ring (bicyclic) bond motifs is 2. The second-order valence-electron chi connectivity index (χ2n) is 14.0. The molecule has 2 aliphatic rings. The Kier molecular flexibility index (Phi) is 11.0. The van der Waals surface area contributed by atoms with E-state index >= 15 is 0 Å². The maximum Gasteiger partial charge on any atom is 0.267 e. The fraction of sp³-hybridized carbons (Fsp3) is 0.368. The van der Waals surface area contributed by atoms with Gasteiger partial charge in [0, 0.05) is 71.3 Å². The van der Waals surface area contributed by atoms with Gasteiger partial charge >= 0.3 is 0 Å². The van der Waals surface area contributed by atoms with Crippen molar-refractivity contribution in [2.24, 2.45) is 0 Å². The normalized spacial score (nSPS) is 16.3. The smallest absolute Gasteiger partial charge is 0.267 e. The van der Waals surface area contributed by atoms with E-state index in [1.165, 1.54) is 38.6 Å². The van der Waals surface area contributed by atoms with Gasteiger partial charge in [-0.25, -0.2) is 40.7 Å². The van der Waals surface area contributed by atoms with E-state index < -0.39 is 46.4 Å². The van der Waals surface area contributed by atoms with Crippen molar-refractivity contribution < 1.29 is 30.8 Å². The quantitative estimate of drug-likeness (QED) is 0.139. The van der Waals surface area contributed by atoms with Gasteiger partial charge in [0.2, 0.25) is 10.0 Å². The third-order valence-corrected chi connectivity index (χ3v) is 11.9. The topological polar surface area (TPSA) is 154 Å². The fourth-order valence-corrected chi connectivity index (χ4v) is 9.07. The molecule has 1 saturated heterocycles. The Balaban J connectivity index is 1.20. The van der Waals surface area contributed by atoms with E-state index in [0.29, 0.717) is 52.3 Å². The summed E-state index contributed by atoms with van der Waals surface area (Å²) in [5.74, 6) is 2.77. The Hall–Kier alpha value is -5.14. The predicted molar refractivity (Wildman–Crippen MR) is 208 cm³/mol. The van der Waals surface area contributed by atoms with Crippen molar-refractivity contribution in [1.29, 1.82) is 5.26 Å². The third-order valence-electron chi connectivity index (χ3n) is 10.1. The van der Waals surface area contributed by atoms with Crippen LogP contribution in [0.25, 0.3) is 32.2 Å². The Morgan fingerprint density at radius 2 is 1.91 bits per heavy atom. The number of sulfonamides is 1. The van der Waals surface area contributed by atoms with E-state index in [1.807, 2.05) is 15.7 Å². The molecule has 1 amide bonds. The molecule has 0 radical (unpaired) electrons. The van der Waals surface area contributed by atoms with E-state index in [1.54, 1.807) is 31.2 Å². The van der Waals surface area contributed by atoms with E-state index in [9.17, 15) is 40.8 Å². The Bertz CT molecular complexity index is 2690. The molecule has 12 nitrogen and oxygen atoms in total. The second kappa shape index (κ2) is 15.7. The summed E-state index contributed by atoms with van der Waals surface area (Å²) in [5, 5.41) is 12.2. The number of rotatable bonds is 9. The summed E-state index contributed by atoms with van der Waals surface area (Å²) in [6, 6.07) is 8.00. The van der Waals surface area contributed by atoms with Crippen molar-refractivity contribution in [2.75, 3.05) is 30.8 Å². The van der Waals surface area contributed by atoms with Crippen LogP contribution in [-0.2, 0) is 16.6 Å². The first-order valence-electron chi connectivity index (χ1n) is 17.7. The lowest BCUT2D eigenvalue weighted by atomic mass is 9.85. The summed E-state index contributed by atoms with van der Waals surface area (Å²) in [6.07, 6.45) is 1.16. The largest absolute Gasteiger partial charge is 0.347 e. The lowest BCUT2D eigenvalue weighted by Gasteiger charge is -2.47. The van der Waals surface area contributed by atoms with Crippen LogP contribution in [0.1, 0.15) is 53.0 Å². The Labute approximate surface area is 333 Å². The number of carbonyl (C=O) groups is 1. The number of pyridine rings is 2. The highest BCUT2D eigenvalue weighted by Crippen LogP contribution is 2.42. The number of likely N-dealkylation sites (tertiary alicyclic amines) is 1. The van der Waals surface area contributed by atoms with E-state index in [0.717, 1.165) is 6.26 Å². The molecule has 1 N–H and O–H groups in total. The number of aromatic nitrogens is 4. The van der Waals surface area contributed by atoms with Gasteiger partial charge in [0.15, 0.2) is 0 Å². The van der Waals surface area contributed by atoms with Crippen molar-refractivity contribution in [3.05, 3.63) is 79.9 Å². The van der Waals surface area contributed by atoms with Gasteiger partial charge in [-0.3, -0.25) is 24.0 Å². The molecule has 296 valence electrons. The van der Waals surface area contributed by atoms with Crippen LogP contribution in [0.15, 0.2) is 46.8 Å². The summed E-state index contributed by atoms with van der Waals surface area (Å²) >= 11 is 7.59. The Morgan fingerprint density at radius 1 is 1.18 bits per heavy atom. The van der Waals surface area contributed by atoms with Crippen LogP contribution in [0.4, 0.5) is 23.4 Å². The van der Waals surface area contributed by atoms with E-state index in [4.69, 9.17) is 11.6 Å². The highest BCUT2D eigenvalue weighted by Gasteiger charge is 2.48. The molecule has 5 heterocycles. The summed E-state index contributed by atoms with van der Waals surface area (Å²) in [6.45, 7) is 1.52. The standard InChI is InChI=1S/C38H33ClF4N8O4S2/c1-21-47-30-18-46-35(51(19-31(40)41)24-8-12-49(13-9-24)25-15-38(42,43)16-25)28(17-44)32(30)37(53)50(21)11-3-4-22-5-6-23(39)14-27(22)26-7-10-45-33-29(20-56-34(26)33)36(52)48-57(2,54)55/h5-7,10,14,18,20,24-25,31H,8-9,11-13,15-16,19H2,1-2H3,(H,48,52). The van der Waals surface area contributed by atoms with Crippen molar-refractivity contribution >= 4 is 65.8 Å². The number of thiophene rings is 1. The maximum absolute atomic E-state index is 14.1. The number of hydrogen-bond donors (Lipinski definition) is 1. The number of halogens is 5. The molecule has 1 aromatic carbocycles. The minimum absolute atomic E-state index is 0.0701. The molecule has 0 spiro atoms. The van der Waals surface area contributed by atoms with Crippen LogP contribution >= 0.6 is 22.9 Å². The number of nitrogens with one attached hydrogen (secondary N) is 1. The van der Waals surface area contributed by atoms with Crippen molar-refractivity contribution in [2.45, 2.75) is 63.6 Å². The molecule has 57 heavy (non-hydrogen) atoms. The summed E-state index contributed by atoms with van der Waals surface area (Å²) in [4.78, 5) is 43.3. The molecule has 19 heteroatoms. The van der Waals surface area contributed by atoms with Gasteiger partial charge in [0.05, 0.1) is 52.2 Å². The monoisotopic (exact) mass is 840 g/mol. The number of nitriles is 1. The van der Waals surface area contributed by atoms with Crippen molar-refractivity contribution in [1.82, 2.24) is 29.1 Å². The number of nitrogens with zero attached hydrogens (tertiary/aromatic N) is 7. The first-order valence-corrected chi connectivity index (χ1v) is 20.8. The summed E-state index contributed by atoms with van der Waals surface area (Å²) in [5.41, 5.74) is 1.37. The SMILES string of the molecule is Cc1nc2cnc(N(CC(F)F)C3CCN(C4CC(F)(F)C4)CC3)c(C#N)c2c(=O)n1CC#Cc1ccc(Cl)cc1-c1ccnc2c(C(=O)NS(C)(=O)=O)csc12. The van der Waals surface area contributed by atoms with Crippen LogP contribution in [0, 0.1) is 30.1 Å². The summed E-state index contributed by atoms with van der Waals surface area (Å²) < 4.78 is 82.4. The van der Waals surface area contributed by atoms with Gasteiger partial charge in [-0.15, -0.1) is 11.3 Å². The molecule has 4 aromatic heterocycles. The molecule has 1 aliphatic heterocycles. The minimum atomic E-state index is -3.82. The van der Waals surface area contributed by atoms with Gasteiger partial charge in [-0.1, -0.05) is 23.4 Å². The predicted octanol–water partition coefficient (Wildman–Crippen LogP) is 5.98. The van der Waals surface area contributed by atoms with Gasteiger partial charge in [0.25, 0.3) is 23.8 Å². The van der Waals surface area contributed by atoms with Crippen LogP contribution in [0.2, 0.25) is 5.02 Å². The zero-order valence-electron chi connectivity index (χ0n) is 30.4. The number of anilines is 1. The second-order valence-corrected chi connectivity index (χ2v) is 17.1. The van der Waals surface area contributed by atoms with Crippen LogP contribution < -0.4 is 15.2 Å². The first-order chi connectivity index (χ1) is 27.0. The number of carbonyl (C=O) groups excluding carboxylic acids is 1. The van der Waals surface area contributed by atoms with Gasteiger partial charge < -0.3 is 4.90 Å². The number of amides is 1. The minimum Gasteiger partial charge on any atom is -0.347 e. The molecule has 7 rings (SSSR count). The number of aryl methyl sites for hydroxylation is 1. The fourth-order valence-electron chi connectivity index (χ4n) is 7.42. The van der Waals surface area contributed by atoms with Gasteiger partial charge in [-0.2, -0.15) is 5.26 Å². The molecular weight excluding hydrogens is 808 g/mol. The molecule has 5 aromatic rings. The molecular formula is C38H33ClF4N8O4S2. The van der Waals surface area contributed by atoms with Gasteiger partial charge in [-0.05, 0) is 44.0 Å². The molecule has 0 unspecified atom stereocenters. The van der Waals surface area contributed by atoms with Gasteiger partial charge in [0.1, 0.15) is 23.3 Å².